The van der Waals surface area contributed by atoms with Gasteiger partial charge in [0.1, 0.15) is 29.4 Å². The highest BCUT2D eigenvalue weighted by Crippen LogP contribution is 2.29. The van der Waals surface area contributed by atoms with Crippen LogP contribution in [0.25, 0.3) is 11.1 Å². The number of fused-ring (bicyclic) bond motifs is 1. The average molecular weight is 464 g/mol. The van der Waals surface area contributed by atoms with Crippen LogP contribution in [-0.2, 0) is 11.3 Å². The number of carbonyl (C=O) groups is 2. The van der Waals surface area contributed by atoms with Gasteiger partial charge >= 0.3 is 11.9 Å². The zero-order valence-corrected chi connectivity index (χ0v) is 18.5. The summed E-state index contributed by atoms with van der Waals surface area (Å²) in [5, 5.41) is 19.1. The second-order valence-corrected chi connectivity index (χ2v) is 7.58. The lowest BCUT2D eigenvalue weighted by Gasteiger charge is -2.10. The number of carbonyl (C=O) groups excluding carboxylic acids is 2. The molecule has 0 aromatic heterocycles. The van der Waals surface area contributed by atoms with Crippen LogP contribution in [0.2, 0.25) is 0 Å². The molecule has 6 nitrogen and oxygen atoms in total. The van der Waals surface area contributed by atoms with Crippen LogP contribution in [0, 0.1) is 12.3 Å². The number of benzene rings is 4. The number of terminal acetylenes is 1. The Kier molecular flexibility index (Phi) is 6.80. The second kappa shape index (κ2) is 10.3. The number of para-hydroxylation sites is 1. The van der Waals surface area contributed by atoms with Crippen LogP contribution < -0.4 is 4.74 Å². The molecule has 0 unspecified atom stereocenters. The van der Waals surface area contributed by atoms with Crippen LogP contribution in [-0.4, -0.2) is 22.2 Å². The van der Waals surface area contributed by atoms with Crippen LogP contribution in [0.3, 0.4) is 0 Å². The molecule has 2 aliphatic rings. The van der Waals surface area contributed by atoms with Crippen LogP contribution in [0.15, 0.2) is 91.0 Å². The smallest absolute Gasteiger partial charge is 0.343 e. The van der Waals surface area contributed by atoms with E-state index in [1.807, 2.05) is 0 Å². The number of phenols is 2. The molecule has 2 N–H and O–H groups in total. The van der Waals surface area contributed by atoms with Crippen molar-refractivity contribution < 1.29 is 29.3 Å². The molecule has 0 saturated carbocycles. The summed E-state index contributed by atoms with van der Waals surface area (Å²) in [4.78, 5) is 24.3. The molecule has 0 spiro atoms. The third-order valence-electron chi connectivity index (χ3n) is 5.22. The summed E-state index contributed by atoms with van der Waals surface area (Å²) in [6.45, 7) is -0.0802. The molecule has 2 aliphatic carbocycles. The molecule has 172 valence electrons. The van der Waals surface area contributed by atoms with Crippen LogP contribution in [0.4, 0.5) is 0 Å². The van der Waals surface area contributed by atoms with E-state index >= 15 is 0 Å². The maximum Gasteiger partial charge on any atom is 0.343 e. The van der Waals surface area contributed by atoms with E-state index in [0.29, 0.717) is 22.4 Å². The first-order chi connectivity index (χ1) is 16.9. The fraction of sp³-hybridized carbons (Fsp3) is 0.0345. The van der Waals surface area contributed by atoms with Gasteiger partial charge in [-0.05, 0) is 59.2 Å². The molecule has 0 aliphatic heterocycles. The summed E-state index contributed by atoms with van der Waals surface area (Å²) in [7, 11) is 0. The summed E-state index contributed by atoms with van der Waals surface area (Å²) in [5.74, 6) is 0.936. The number of hydrogen-bond donors (Lipinski definition) is 2. The summed E-state index contributed by atoms with van der Waals surface area (Å²) in [5.41, 5.74) is 4.11. The minimum atomic E-state index is -0.784. The van der Waals surface area contributed by atoms with Gasteiger partial charge in [-0.25, -0.2) is 9.59 Å². The molecule has 35 heavy (non-hydrogen) atoms. The molecule has 0 heterocycles. The SMILES string of the molecule is C#Cc1ccccc1OC(=O)c1ccc(COC(=O)c2cc(O)ccc2O)cc1.c1cc2ccc1-2. The van der Waals surface area contributed by atoms with Gasteiger partial charge in [-0.15, -0.1) is 6.42 Å². The van der Waals surface area contributed by atoms with Crippen LogP contribution >= 0.6 is 0 Å². The van der Waals surface area contributed by atoms with Crippen molar-refractivity contribution in [3.8, 4) is 40.7 Å². The van der Waals surface area contributed by atoms with E-state index in [-0.39, 0.29) is 23.7 Å². The monoisotopic (exact) mass is 464 g/mol. The lowest BCUT2D eigenvalue weighted by atomic mass is 9.95. The molecule has 0 saturated heterocycles. The molecule has 3 aromatic rings. The Balaban J connectivity index is 0.000000411. The molecule has 5 rings (SSSR count). The highest BCUT2D eigenvalue weighted by molar-refractivity contribution is 5.93. The van der Waals surface area contributed by atoms with Gasteiger partial charge in [-0.1, -0.05) is 54.5 Å². The highest BCUT2D eigenvalue weighted by Gasteiger charge is 2.15. The number of hydrogen-bond acceptors (Lipinski definition) is 6. The largest absolute Gasteiger partial charge is 0.508 e. The Morgan fingerprint density at radius 1 is 0.800 bits per heavy atom. The fourth-order valence-corrected chi connectivity index (χ4v) is 3.15. The zero-order valence-electron chi connectivity index (χ0n) is 18.5. The van der Waals surface area contributed by atoms with Crippen molar-refractivity contribution in [1.29, 1.82) is 0 Å². The van der Waals surface area contributed by atoms with Crippen molar-refractivity contribution in [3.63, 3.8) is 0 Å². The molecular weight excluding hydrogens is 444 g/mol. The zero-order chi connectivity index (χ0) is 24.8. The Bertz CT molecular complexity index is 1390. The van der Waals surface area contributed by atoms with E-state index < -0.39 is 11.9 Å². The van der Waals surface area contributed by atoms with E-state index in [1.165, 1.54) is 35.4 Å². The van der Waals surface area contributed by atoms with E-state index in [4.69, 9.17) is 15.9 Å². The predicted octanol–water partition coefficient (Wildman–Crippen LogP) is 5.32. The normalized spacial score (nSPS) is 10.3. The molecule has 0 radical (unpaired) electrons. The average Bonchev–Trinajstić information content (AvgIpc) is 2.87. The fourth-order valence-electron chi connectivity index (χ4n) is 3.15. The molecule has 0 amide bonds. The quantitative estimate of drug-likeness (QED) is 0.158. The molecule has 0 fully saturated rings. The summed E-state index contributed by atoms with van der Waals surface area (Å²) < 4.78 is 10.5. The van der Waals surface area contributed by atoms with Gasteiger partial charge in [-0.2, -0.15) is 0 Å². The number of phenolic OH excluding ortho intramolecular Hbond substituents is 2. The summed E-state index contributed by atoms with van der Waals surface area (Å²) in [6.07, 6.45) is 5.39. The van der Waals surface area contributed by atoms with Gasteiger partial charge in [0.25, 0.3) is 0 Å². The van der Waals surface area contributed by atoms with Crippen LogP contribution in [0.5, 0.6) is 17.2 Å². The van der Waals surface area contributed by atoms with E-state index in [0.717, 1.165) is 6.07 Å². The molecular formula is C29H20O6. The van der Waals surface area contributed by atoms with E-state index in [2.05, 4.69) is 30.2 Å². The Labute approximate surface area is 202 Å². The van der Waals surface area contributed by atoms with Crippen LogP contribution in [0.1, 0.15) is 31.8 Å². The predicted molar refractivity (Wildman–Crippen MR) is 130 cm³/mol. The first-order valence-electron chi connectivity index (χ1n) is 10.6. The van der Waals surface area contributed by atoms with Crippen molar-refractivity contribution in [2.24, 2.45) is 0 Å². The van der Waals surface area contributed by atoms with Gasteiger partial charge in [-0.3, -0.25) is 0 Å². The molecule has 0 bridgehead atoms. The Morgan fingerprint density at radius 2 is 1.46 bits per heavy atom. The second-order valence-electron chi connectivity index (χ2n) is 7.58. The molecule has 3 aromatic carbocycles. The number of rotatable bonds is 5. The molecule has 0 atom stereocenters. The Hall–Kier alpha value is -5.02. The van der Waals surface area contributed by atoms with Crippen molar-refractivity contribution in [2.75, 3.05) is 0 Å². The lowest BCUT2D eigenvalue weighted by molar-refractivity contribution is 0.0468. The van der Waals surface area contributed by atoms with Crippen molar-refractivity contribution in [2.45, 2.75) is 6.61 Å². The van der Waals surface area contributed by atoms with Crippen molar-refractivity contribution in [1.82, 2.24) is 0 Å². The van der Waals surface area contributed by atoms with Crippen molar-refractivity contribution >= 4 is 11.9 Å². The maximum absolute atomic E-state index is 12.3. The minimum Gasteiger partial charge on any atom is -0.508 e. The van der Waals surface area contributed by atoms with Gasteiger partial charge in [0.05, 0.1) is 11.1 Å². The Morgan fingerprint density at radius 3 is 2.06 bits per heavy atom. The van der Waals surface area contributed by atoms with E-state index in [1.54, 1.807) is 36.4 Å². The number of ether oxygens (including phenoxy) is 2. The summed E-state index contributed by atoms with van der Waals surface area (Å²) >= 11 is 0. The minimum absolute atomic E-state index is 0.0802. The summed E-state index contributed by atoms with van der Waals surface area (Å²) in [6, 6.07) is 25.1. The molecule has 6 heteroatoms. The highest BCUT2D eigenvalue weighted by atomic mass is 16.5. The van der Waals surface area contributed by atoms with Gasteiger partial charge < -0.3 is 19.7 Å². The van der Waals surface area contributed by atoms with Gasteiger partial charge in [0, 0.05) is 0 Å². The topological polar surface area (TPSA) is 93.1 Å². The third-order valence-corrected chi connectivity index (χ3v) is 5.22. The number of esters is 2. The first-order valence-corrected chi connectivity index (χ1v) is 10.6. The maximum atomic E-state index is 12.3. The standard InChI is InChI=1S/C23H16O6.C6H4/c1-2-16-5-3-4-6-21(16)29-22(26)17-9-7-15(8-10-17)14-28-23(27)19-13-18(24)11-12-20(19)25;1-2-6-4-3-5(1)6/h1,3-13,24-25H,14H2;1-4H. The van der Waals surface area contributed by atoms with Gasteiger partial charge in [0.2, 0.25) is 0 Å². The lowest BCUT2D eigenvalue weighted by Crippen LogP contribution is -2.10. The number of aromatic hydroxyl groups is 2. The third kappa shape index (κ3) is 5.49. The first kappa shape index (κ1) is 23.1. The van der Waals surface area contributed by atoms with Gasteiger partial charge in [0.15, 0.2) is 0 Å². The van der Waals surface area contributed by atoms with Crippen molar-refractivity contribution in [3.05, 3.63) is 113 Å². The van der Waals surface area contributed by atoms with E-state index in [9.17, 15) is 19.8 Å².